The Bertz CT molecular complexity index is 858. The van der Waals surface area contributed by atoms with Crippen LogP contribution in [-0.2, 0) is 9.59 Å². The zero-order valence-corrected chi connectivity index (χ0v) is 14.6. The summed E-state index contributed by atoms with van der Waals surface area (Å²) < 4.78 is 10.8. The molecule has 25 heavy (non-hydrogen) atoms. The van der Waals surface area contributed by atoms with Gasteiger partial charge in [0.25, 0.3) is 17.4 Å². The Hall–Kier alpha value is -2.80. The molecular formula is C17H16ClN3O4. The number of pyridine rings is 1. The zero-order chi connectivity index (χ0) is 18.2. The van der Waals surface area contributed by atoms with Crippen LogP contribution in [0.25, 0.3) is 0 Å². The van der Waals surface area contributed by atoms with Gasteiger partial charge >= 0.3 is 0 Å². The third-order valence-corrected chi connectivity index (χ3v) is 4.23. The molecule has 0 aliphatic carbocycles. The molecule has 1 atom stereocenters. The van der Waals surface area contributed by atoms with Crippen LogP contribution in [-0.4, -0.2) is 36.6 Å². The van der Waals surface area contributed by atoms with Gasteiger partial charge in [-0.15, -0.1) is 0 Å². The molecule has 0 spiro atoms. The summed E-state index contributed by atoms with van der Waals surface area (Å²) in [5, 5.41) is 2.99. The zero-order valence-electron chi connectivity index (χ0n) is 13.9. The second-order valence-corrected chi connectivity index (χ2v) is 6.04. The van der Waals surface area contributed by atoms with Gasteiger partial charge in [-0.05, 0) is 37.3 Å². The maximum Gasteiger partial charge on any atom is 0.281 e. The predicted octanol–water partition coefficient (Wildman–Crippen LogP) is 2.50. The molecule has 2 heterocycles. The molecule has 2 aromatic rings. The van der Waals surface area contributed by atoms with Crippen molar-refractivity contribution in [3.8, 4) is 11.5 Å². The minimum absolute atomic E-state index is 0.341. The van der Waals surface area contributed by atoms with Gasteiger partial charge in [-0.3, -0.25) is 14.5 Å². The first kappa shape index (κ1) is 17.0. The molecule has 3 rings (SSSR count). The Morgan fingerprint density at radius 1 is 1.40 bits per heavy atom. The van der Waals surface area contributed by atoms with Crippen molar-refractivity contribution in [2.75, 3.05) is 24.4 Å². The number of rotatable bonds is 3. The van der Waals surface area contributed by atoms with E-state index >= 15 is 0 Å². The van der Waals surface area contributed by atoms with Gasteiger partial charge < -0.3 is 14.8 Å². The van der Waals surface area contributed by atoms with Gasteiger partial charge in [0, 0.05) is 18.9 Å². The van der Waals surface area contributed by atoms with Gasteiger partial charge in [0.1, 0.15) is 5.75 Å². The van der Waals surface area contributed by atoms with Crippen LogP contribution in [0.5, 0.6) is 11.5 Å². The summed E-state index contributed by atoms with van der Waals surface area (Å²) in [4.78, 5) is 30.8. The van der Waals surface area contributed by atoms with E-state index in [1.54, 1.807) is 37.5 Å². The van der Waals surface area contributed by atoms with Crippen LogP contribution in [0.1, 0.15) is 6.92 Å². The number of hydrogen-bond donors (Lipinski definition) is 1. The van der Waals surface area contributed by atoms with Gasteiger partial charge in [-0.1, -0.05) is 11.6 Å². The van der Waals surface area contributed by atoms with Crippen LogP contribution in [0.3, 0.4) is 0 Å². The fraction of sp³-hybridized carbons (Fsp3) is 0.235. The number of ether oxygens (including phenoxy) is 2. The van der Waals surface area contributed by atoms with Crippen LogP contribution in [0.15, 0.2) is 36.5 Å². The number of carbonyl (C=O) groups is 2. The summed E-state index contributed by atoms with van der Waals surface area (Å²) in [6, 6.07) is 8.10. The molecule has 0 fully saturated rings. The molecule has 8 heteroatoms. The first-order valence-corrected chi connectivity index (χ1v) is 7.82. The smallest absolute Gasteiger partial charge is 0.281 e. The lowest BCUT2D eigenvalue weighted by atomic mass is 10.0. The average Bonchev–Trinajstić information content (AvgIpc) is 2.60. The second kappa shape index (κ2) is 6.25. The van der Waals surface area contributed by atoms with E-state index in [2.05, 4.69) is 10.3 Å². The van der Waals surface area contributed by atoms with E-state index in [1.165, 1.54) is 25.0 Å². The van der Waals surface area contributed by atoms with E-state index in [-0.39, 0.29) is 0 Å². The third-order valence-electron chi connectivity index (χ3n) is 3.94. The normalized spacial score (nSPS) is 19.0. The lowest BCUT2D eigenvalue weighted by Gasteiger charge is -2.36. The lowest BCUT2D eigenvalue weighted by Crippen LogP contribution is -2.60. The maximum atomic E-state index is 12.7. The number of halogens is 1. The minimum atomic E-state index is -1.73. The molecule has 7 nitrogen and oxygen atoms in total. The fourth-order valence-electron chi connectivity index (χ4n) is 2.53. The topological polar surface area (TPSA) is 80.8 Å². The van der Waals surface area contributed by atoms with E-state index in [4.69, 9.17) is 21.1 Å². The number of anilines is 2. The molecule has 0 radical (unpaired) electrons. The molecule has 1 aliphatic rings. The molecule has 130 valence electrons. The van der Waals surface area contributed by atoms with Crippen molar-refractivity contribution in [1.29, 1.82) is 0 Å². The van der Waals surface area contributed by atoms with Crippen LogP contribution in [0, 0.1) is 0 Å². The second-order valence-electron chi connectivity index (χ2n) is 5.63. The number of nitrogens with zero attached hydrogens (tertiary/aromatic N) is 2. The molecule has 0 bridgehead atoms. The van der Waals surface area contributed by atoms with Crippen LogP contribution in [0.2, 0.25) is 5.02 Å². The summed E-state index contributed by atoms with van der Waals surface area (Å²) in [6.07, 6.45) is 1.55. The molecule has 0 saturated carbocycles. The molecule has 1 aliphatic heterocycles. The fourth-order valence-corrected chi connectivity index (χ4v) is 2.79. The summed E-state index contributed by atoms with van der Waals surface area (Å²) in [5.41, 5.74) is -1.30. The van der Waals surface area contributed by atoms with Crippen LogP contribution >= 0.6 is 11.6 Å². The number of aromatic nitrogens is 1. The maximum absolute atomic E-state index is 12.7. The Morgan fingerprint density at radius 2 is 2.16 bits per heavy atom. The Kier molecular flexibility index (Phi) is 4.26. The first-order valence-electron chi connectivity index (χ1n) is 7.44. The van der Waals surface area contributed by atoms with E-state index in [1.807, 2.05) is 0 Å². The molecule has 1 aromatic carbocycles. The van der Waals surface area contributed by atoms with E-state index in [0.29, 0.717) is 28.0 Å². The summed E-state index contributed by atoms with van der Waals surface area (Å²) in [7, 11) is 3.04. The number of fused-ring (bicyclic) bond motifs is 1. The summed E-state index contributed by atoms with van der Waals surface area (Å²) in [5.74, 6) is 0.0757. The molecule has 0 saturated heterocycles. The highest BCUT2D eigenvalue weighted by atomic mass is 35.5. The van der Waals surface area contributed by atoms with Gasteiger partial charge in [0.05, 0.1) is 12.1 Å². The molecular weight excluding hydrogens is 346 g/mol. The van der Waals surface area contributed by atoms with Crippen LogP contribution in [0.4, 0.5) is 11.5 Å². The van der Waals surface area contributed by atoms with Crippen molar-refractivity contribution >= 4 is 34.9 Å². The predicted molar refractivity (Wildman–Crippen MR) is 93.3 cm³/mol. The quantitative estimate of drug-likeness (QED) is 0.849. The van der Waals surface area contributed by atoms with Crippen molar-refractivity contribution in [3.05, 3.63) is 41.6 Å². The lowest BCUT2D eigenvalue weighted by molar-refractivity contribution is -0.145. The van der Waals surface area contributed by atoms with Crippen molar-refractivity contribution in [2.45, 2.75) is 12.5 Å². The Labute approximate surface area is 149 Å². The van der Waals surface area contributed by atoms with Gasteiger partial charge in [0.15, 0.2) is 11.6 Å². The number of hydrogen-bond acceptors (Lipinski definition) is 5. The Balaban J connectivity index is 1.89. The number of carbonyl (C=O) groups excluding carboxylic acids is 2. The van der Waals surface area contributed by atoms with Crippen LogP contribution < -0.4 is 19.7 Å². The first-order chi connectivity index (χ1) is 11.9. The van der Waals surface area contributed by atoms with Gasteiger partial charge in [0.2, 0.25) is 0 Å². The SMILES string of the molecule is COc1ccc(NC(=O)[C@]2(C)Oc3cccnc3N(C)C2=O)cc1Cl. The molecule has 1 aromatic heterocycles. The Morgan fingerprint density at radius 3 is 2.84 bits per heavy atom. The van der Waals surface area contributed by atoms with E-state index < -0.39 is 17.4 Å². The highest BCUT2D eigenvalue weighted by molar-refractivity contribution is 6.32. The average molecular weight is 362 g/mol. The molecule has 0 unspecified atom stereocenters. The summed E-state index contributed by atoms with van der Waals surface area (Å²) in [6.45, 7) is 1.42. The standard InChI is InChI=1S/C17H16ClN3O4/c1-17(15(22)20-10-6-7-12(24-3)11(18)9-10)16(23)21(2)14-13(25-17)5-4-8-19-14/h4-9H,1-3H3,(H,20,22)/t17-/m0/s1. The van der Waals surface area contributed by atoms with Crippen molar-refractivity contribution in [2.24, 2.45) is 0 Å². The third kappa shape index (κ3) is 2.87. The van der Waals surface area contributed by atoms with Crippen molar-refractivity contribution in [3.63, 3.8) is 0 Å². The number of amides is 2. The number of benzene rings is 1. The van der Waals surface area contributed by atoms with Gasteiger partial charge in [-0.25, -0.2) is 4.98 Å². The summed E-state index contributed by atoms with van der Waals surface area (Å²) >= 11 is 6.06. The van der Waals surface area contributed by atoms with E-state index in [9.17, 15) is 9.59 Å². The van der Waals surface area contributed by atoms with Gasteiger partial charge in [-0.2, -0.15) is 0 Å². The molecule has 2 amide bonds. The van der Waals surface area contributed by atoms with Crippen molar-refractivity contribution < 1.29 is 19.1 Å². The molecule has 1 N–H and O–H groups in total. The number of nitrogens with one attached hydrogen (secondary N) is 1. The number of methoxy groups -OCH3 is 1. The number of likely N-dealkylation sites (N-methyl/N-ethyl adjacent to an activating group) is 1. The van der Waals surface area contributed by atoms with E-state index in [0.717, 1.165) is 0 Å². The monoisotopic (exact) mass is 361 g/mol. The minimum Gasteiger partial charge on any atom is -0.495 e. The highest BCUT2D eigenvalue weighted by Crippen LogP contribution is 2.36. The highest BCUT2D eigenvalue weighted by Gasteiger charge is 2.50. The van der Waals surface area contributed by atoms with Crippen molar-refractivity contribution in [1.82, 2.24) is 4.98 Å². The largest absolute Gasteiger partial charge is 0.495 e.